The summed E-state index contributed by atoms with van der Waals surface area (Å²) in [6.07, 6.45) is 5.77. The molecule has 5 heteroatoms. The van der Waals surface area contributed by atoms with E-state index in [1.54, 1.807) is 19.4 Å². The summed E-state index contributed by atoms with van der Waals surface area (Å²) >= 11 is 0. The topological polar surface area (TPSA) is 46.1 Å². The molecule has 0 fully saturated rings. The first-order valence-electron chi connectivity index (χ1n) is 5.88. The number of carbonyl (C=O) groups excluding carboxylic acids is 1. The van der Waals surface area contributed by atoms with Gasteiger partial charge >= 0.3 is 0 Å². The van der Waals surface area contributed by atoms with Crippen molar-refractivity contribution in [2.45, 2.75) is 13.0 Å². The van der Waals surface area contributed by atoms with Gasteiger partial charge in [0.15, 0.2) is 5.82 Å². The SMILES string of the molecule is CC(c1ccncc1)N(C)C(=O)c1ccncc1F. The van der Waals surface area contributed by atoms with Crippen LogP contribution in [0.5, 0.6) is 0 Å². The van der Waals surface area contributed by atoms with Gasteiger partial charge < -0.3 is 4.90 Å². The first kappa shape index (κ1) is 13.1. The Bertz CT molecular complexity index is 574. The zero-order valence-electron chi connectivity index (χ0n) is 10.7. The third kappa shape index (κ3) is 2.76. The fourth-order valence-electron chi connectivity index (χ4n) is 1.78. The molecule has 1 atom stereocenters. The van der Waals surface area contributed by atoms with Gasteiger partial charge in [0.25, 0.3) is 5.91 Å². The van der Waals surface area contributed by atoms with Crippen molar-refractivity contribution in [3.05, 3.63) is 59.9 Å². The Kier molecular flexibility index (Phi) is 3.85. The van der Waals surface area contributed by atoms with Crippen LogP contribution in [0.4, 0.5) is 4.39 Å². The Morgan fingerprint density at radius 1 is 1.21 bits per heavy atom. The van der Waals surface area contributed by atoms with Crippen molar-refractivity contribution in [3.63, 3.8) is 0 Å². The molecule has 0 N–H and O–H groups in total. The van der Waals surface area contributed by atoms with E-state index in [4.69, 9.17) is 0 Å². The molecule has 0 saturated heterocycles. The van der Waals surface area contributed by atoms with Crippen LogP contribution in [0.3, 0.4) is 0 Å². The van der Waals surface area contributed by atoms with E-state index in [0.717, 1.165) is 11.8 Å². The van der Waals surface area contributed by atoms with E-state index in [1.807, 2.05) is 19.1 Å². The van der Waals surface area contributed by atoms with Gasteiger partial charge in [-0.15, -0.1) is 0 Å². The molecule has 2 aromatic rings. The van der Waals surface area contributed by atoms with Crippen LogP contribution in [0, 0.1) is 5.82 Å². The molecule has 0 radical (unpaired) electrons. The third-order valence-corrected chi connectivity index (χ3v) is 3.09. The molecule has 2 rings (SSSR count). The van der Waals surface area contributed by atoms with Crippen molar-refractivity contribution in [2.75, 3.05) is 7.05 Å². The van der Waals surface area contributed by atoms with E-state index >= 15 is 0 Å². The van der Waals surface area contributed by atoms with Gasteiger partial charge in [0.2, 0.25) is 0 Å². The van der Waals surface area contributed by atoms with E-state index in [9.17, 15) is 9.18 Å². The predicted octanol–water partition coefficient (Wildman–Crippen LogP) is 2.45. The van der Waals surface area contributed by atoms with E-state index in [-0.39, 0.29) is 17.5 Å². The summed E-state index contributed by atoms with van der Waals surface area (Å²) in [4.78, 5) is 21.3. The van der Waals surface area contributed by atoms with E-state index < -0.39 is 5.82 Å². The highest BCUT2D eigenvalue weighted by molar-refractivity contribution is 5.94. The Morgan fingerprint density at radius 3 is 2.47 bits per heavy atom. The van der Waals surface area contributed by atoms with Gasteiger partial charge in [-0.3, -0.25) is 14.8 Å². The monoisotopic (exact) mass is 259 g/mol. The molecular formula is C14H14FN3O. The Labute approximate surface area is 110 Å². The van der Waals surface area contributed by atoms with Crippen LogP contribution in [-0.4, -0.2) is 27.8 Å². The number of carbonyl (C=O) groups is 1. The van der Waals surface area contributed by atoms with Gasteiger partial charge in [0, 0.05) is 25.6 Å². The first-order chi connectivity index (χ1) is 9.11. The van der Waals surface area contributed by atoms with Crippen molar-refractivity contribution in [3.8, 4) is 0 Å². The lowest BCUT2D eigenvalue weighted by atomic mass is 10.1. The van der Waals surface area contributed by atoms with Crippen molar-refractivity contribution in [2.24, 2.45) is 0 Å². The Hall–Kier alpha value is -2.30. The second kappa shape index (κ2) is 5.56. The molecule has 4 nitrogen and oxygen atoms in total. The average Bonchev–Trinajstić information content (AvgIpc) is 2.46. The zero-order chi connectivity index (χ0) is 13.8. The van der Waals surface area contributed by atoms with Gasteiger partial charge in [0.1, 0.15) is 0 Å². The lowest BCUT2D eigenvalue weighted by Crippen LogP contribution is -2.30. The van der Waals surface area contributed by atoms with E-state index in [2.05, 4.69) is 9.97 Å². The fraction of sp³-hybridized carbons (Fsp3) is 0.214. The summed E-state index contributed by atoms with van der Waals surface area (Å²) in [5.41, 5.74) is 0.971. The molecule has 2 aromatic heterocycles. The molecule has 1 unspecified atom stereocenters. The number of rotatable bonds is 3. The van der Waals surface area contributed by atoms with Crippen LogP contribution in [0.15, 0.2) is 43.0 Å². The number of aromatic nitrogens is 2. The molecule has 2 heterocycles. The standard InChI is InChI=1S/C14H14FN3O/c1-10(11-3-6-16-7-4-11)18(2)14(19)12-5-8-17-9-13(12)15/h3-10H,1-2H3. The molecule has 19 heavy (non-hydrogen) atoms. The molecule has 1 amide bonds. The fourth-order valence-corrected chi connectivity index (χ4v) is 1.78. The van der Waals surface area contributed by atoms with Crippen LogP contribution >= 0.6 is 0 Å². The van der Waals surface area contributed by atoms with E-state index in [0.29, 0.717) is 0 Å². The predicted molar refractivity (Wildman–Crippen MR) is 68.9 cm³/mol. The maximum atomic E-state index is 13.5. The van der Waals surface area contributed by atoms with Crippen LogP contribution in [-0.2, 0) is 0 Å². The second-order valence-electron chi connectivity index (χ2n) is 4.23. The van der Waals surface area contributed by atoms with Crippen molar-refractivity contribution < 1.29 is 9.18 Å². The molecule has 0 aromatic carbocycles. The Balaban J connectivity index is 2.23. The van der Waals surface area contributed by atoms with Gasteiger partial charge in [-0.05, 0) is 30.7 Å². The molecule has 98 valence electrons. The van der Waals surface area contributed by atoms with Crippen LogP contribution in [0.1, 0.15) is 28.9 Å². The number of pyridine rings is 2. The Morgan fingerprint density at radius 2 is 1.84 bits per heavy atom. The molecule has 0 aliphatic carbocycles. The quantitative estimate of drug-likeness (QED) is 0.850. The number of halogens is 1. The molecule has 0 saturated carbocycles. The van der Waals surface area contributed by atoms with Gasteiger partial charge in [0.05, 0.1) is 17.8 Å². The zero-order valence-corrected chi connectivity index (χ0v) is 10.7. The van der Waals surface area contributed by atoms with Crippen molar-refractivity contribution in [1.82, 2.24) is 14.9 Å². The largest absolute Gasteiger partial charge is 0.335 e. The summed E-state index contributed by atoms with van der Waals surface area (Å²) in [5.74, 6) is -0.981. The van der Waals surface area contributed by atoms with E-state index in [1.165, 1.54) is 17.2 Å². The lowest BCUT2D eigenvalue weighted by Gasteiger charge is -2.25. The highest BCUT2D eigenvalue weighted by Crippen LogP contribution is 2.20. The van der Waals surface area contributed by atoms with Crippen LogP contribution < -0.4 is 0 Å². The summed E-state index contributed by atoms with van der Waals surface area (Å²) in [6.45, 7) is 1.88. The minimum Gasteiger partial charge on any atom is -0.335 e. The molecule has 0 bridgehead atoms. The summed E-state index contributed by atoms with van der Waals surface area (Å²) < 4.78 is 13.5. The molecule has 0 spiro atoms. The molecule has 0 aliphatic heterocycles. The normalized spacial score (nSPS) is 11.9. The highest BCUT2D eigenvalue weighted by Gasteiger charge is 2.21. The maximum absolute atomic E-state index is 13.5. The summed E-state index contributed by atoms with van der Waals surface area (Å²) in [7, 11) is 1.65. The van der Waals surface area contributed by atoms with Crippen LogP contribution in [0.25, 0.3) is 0 Å². The number of amides is 1. The minimum atomic E-state index is -0.610. The highest BCUT2D eigenvalue weighted by atomic mass is 19.1. The maximum Gasteiger partial charge on any atom is 0.257 e. The van der Waals surface area contributed by atoms with Gasteiger partial charge in [-0.1, -0.05) is 0 Å². The molecule has 0 aliphatic rings. The molecular weight excluding hydrogens is 245 g/mol. The van der Waals surface area contributed by atoms with Gasteiger partial charge in [-0.25, -0.2) is 4.39 Å². The summed E-state index contributed by atoms with van der Waals surface area (Å²) in [6, 6.07) is 4.88. The third-order valence-electron chi connectivity index (χ3n) is 3.09. The number of hydrogen-bond donors (Lipinski definition) is 0. The first-order valence-corrected chi connectivity index (χ1v) is 5.88. The lowest BCUT2D eigenvalue weighted by molar-refractivity contribution is 0.0737. The van der Waals surface area contributed by atoms with Gasteiger partial charge in [-0.2, -0.15) is 0 Å². The summed E-state index contributed by atoms with van der Waals surface area (Å²) in [5, 5.41) is 0. The van der Waals surface area contributed by atoms with Crippen molar-refractivity contribution >= 4 is 5.91 Å². The number of hydrogen-bond acceptors (Lipinski definition) is 3. The van der Waals surface area contributed by atoms with Crippen LogP contribution in [0.2, 0.25) is 0 Å². The second-order valence-corrected chi connectivity index (χ2v) is 4.23. The smallest absolute Gasteiger partial charge is 0.257 e. The number of nitrogens with zero attached hydrogens (tertiary/aromatic N) is 3. The van der Waals surface area contributed by atoms with Crippen molar-refractivity contribution in [1.29, 1.82) is 0 Å². The minimum absolute atomic E-state index is 0.0263. The average molecular weight is 259 g/mol.